The fourth-order valence-electron chi connectivity index (χ4n) is 5.02. The number of aliphatic carboxylic acids is 1. The van der Waals surface area contributed by atoms with E-state index in [0.29, 0.717) is 18.4 Å². The van der Waals surface area contributed by atoms with Gasteiger partial charge in [0.1, 0.15) is 0 Å². The number of nitrogens with zero attached hydrogens (tertiary/aromatic N) is 2. The number of likely N-dealkylation sites (tertiary alicyclic amines) is 1. The highest BCUT2D eigenvalue weighted by atomic mass is 32.1. The molecule has 2 aliphatic carbocycles. The molecule has 0 bridgehead atoms. The Balaban J connectivity index is 1.41. The Morgan fingerprint density at radius 2 is 2.13 bits per heavy atom. The zero-order chi connectivity index (χ0) is 15.9. The molecule has 4 nitrogen and oxygen atoms in total. The summed E-state index contributed by atoms with van der Waals surface area (Å²) in [7, 11) is 0. The molecule has 3 aliphatic rings. The summed E-state index contributed by atoms with van der Waals surface area (Å²) >= 11 is 1.81. The highest BCUT2D eigenvalue weighted by Gasteiger charge is 2.54. The van der Waals surface area contributed by atoms with Gasteiger partial charge in [-0.2, -0.15) is 0 Å². The van der Waals surface area contributed by atoms with Crippen molar-refractivity contribution in [3.63, 3.8) is 0 Å². The molecule has 1 aliphatic heterocycles. The lowest BCUT2D eigenvalue weighted by molar-refractivity contribution is -0.149. The van der Waals surface area contributed by atoms with E-state index in [1.807, 2.05) is 11.3 Å². The minimum atomic E-state index is -0.580. The van der Waals surface area contributed by atoms with Crippen LogP contribution in [-0.2, 0) is 11.3 Å². The van der Waals surface area contributed by atoms with Crippen LogP contribution in [0, 0.1) is 11.3 Å². The van der Waals surface area contributed by atoms with Crippen LogP contribution in [0.1, 0.15) is 68.0 Å². The lowest BCUT2D eigenvalue weighted by atomic mass is 9.81. The minimum Gasteiger partial charge on any atom is -0.481 e. The molecule has 0 spiro atoms. The first-order valence-electron chi connectivity index (χ1n) is 9.07. The van der Waals surface area contributed by atoms with Gasteiger partial charge < -0.3 is 5.11 Å². The fraction of sp³-hybridized carbons (Fsp3) is 0.778. The highest BCUT2D eigenvalue weighted by Crippen LogP contribution is 2.49. The Hall–Kier alpha value is -0.940. The van der Waals surface area contributed by atoms with Gasteiger partial charge in [-0.3, -0.25) is 9.69 Å². The number of carboxylic acids is 1. The fourth-order valence-corrected chi connectivity index (χ4v) is 6.01. The van der Waals surface area contributed by atoms with Gasteiger partial charge in [0, 0.05) is 30.9 Å². The molecule has 1 aromatic heterocycles. The van der Waals surface area contributed by atoms with E-state index in [1.54, 1.807) is 0 Å². The summed E-state index contributed by atoms with van der Waals surface area (Å²) in [6.07, 6.45) is 9.65. The van der Waals surface area contributed by atoms with E-state index in [4.69, 9.17) is 4.98 Å². The third-order valence-electron chi connectivity index (χ3n) is 6.28. The average molecular weight is 334 g/mol. The van der Waals surface area contributed by atoms with Crippen LogP contribution in [0.2, 0.25) is 0 Å². The third kappa shape index (κ3) is 2.82. The zero-order valence-corrected chi connectivity index (χ0v) is 14.5. The van der Waals surface area contributed by atoms with Gasteiger partial charge in [-0.1, -0.05) is 25.7 Å². The van der Waals surface area contributed by atoms with Gasteiger partial charge in [-0.15, -0.1) is 11.3 Å². The van der Waals surface area contributed by atoms with Crippen LogP contribution in [-0.4, -0.2) is 34.0 Å². The Bertz CT molecular complexity index is 581. The Kier molecular flexibility index (Phi) is 4.18. The summed E-state index contributed by atoms with van der Waals surface area (Å²) in [6, 6.07) is 0. The van der Waals surface area contributed by atoms with Gasteiger partial charge in [0.15, 0.2) is 0 Å². The molecule has 126 valence electrons. The van der Waals surface area contributed by atoms with Gasteiger partial charge in [-0.25, -0.2) is 4.98 Å². The quantitative estimate of drug-likeness (QED) is 0.908. The number of rotatable bonds is 4. The highest BCUT2D eigenvalue weighted by molar-refractivity contribution is 7.09. The van der Waals surface area contributed by atoms with Crippen LogP contribution in [0.25, 0.3) is 0 Å². The standard InChI is InChI=1S/C18H26N2O2S/c21-17(22)18-8-4-7-14(18)9-20(12-18)10-15-11-23-16(19-15)13-5-2-1-3-6-13/h11,13-14H,1-10,12H2,(H,21,22)/t14-,18+/m0/s1. The van der Waals surface area contributed by atoms with Gasteiger partial charge >= 0.3 is 5.97 Å². The SMILES string of the molecule is O=C(O)[C@@]12CCC[C@H]1CN(Cc1csc(C3CCCCC3)n1)C2. The maximum absolute atomic E-state index is 11.8. The number of hydrogen-bond donors (Lipinski definition) is 1. The first-order chi connectivity index (χ1) is 11.2. The predicted molar refractivity (Wildman–Crippen MR) is 90.6 cm³/mol. The normalized spacial score (nSPS) is 32.3. The van der Waals surface area contributed by atoms with Crippen molar-refractivity contribution >= 4 is 17.3 Å². The number of fused-ring (bicyclic) bond motifs is 1. The molecular weight excluding hydrogens is 308 g/mol. The van der Waals surface area contributed by atoms with E-state index in [0.717, 1.165) is 38.0 Å². The maximum atomic E-state index is 11.8. The smallest absolute Gasteiger partial charge is 0.311 e. The molecule has 1 saturated heterocycles. The number of hydrogen-bond acceptors (Lipinski definition) is 4. The Morgan fingerprint density at radius 1 is 1.30 bits per heavy atom. The number of aromatic nitrogens is 1. The van der Waals surface area contributed by atoms with Crippen LogP contribution in [0.3, 0.4) is 0 Å². The van der Waals surface area contributed by atoms with Crippen LogP contribution >= 0.6 is 11.3 Å². The van der Waals surface area contributed by atoms with E-state index in [9.17, 15) is 9.90 Å². The first-order valence-corrected chi connectivity index (χ1v) is 9.95. The summed E-state index contributed by atoms with van der Waals surface area (Å²) in [6.45, 7) is 2.47. The van der Waals surface area contributed by atoms with Crippen LogP contribution in [0.4, 0.5) is 0 Å². The molecule has 5 heteroatoms. The number of carbonyl (C=O) groups is 1. The van der Waals surface area contributed by atoms with Crippen molar-refractivity contribution < 1.29 is 9.90 Å². The number of carboxylic acid groups (broad SMARTS) is 1. The molecule has 2 saturated carbocycles. The predicted octanol–water partition coefficient (Wildman–Crippen LogP) is 3.88. The maximum Gasteiger partial charge on any atom is 0.311 e. The second-order valence-corrected chi connectivity index (χ2v) is 8.62. The topological polar surface area (TPSA) is 53.4 Å². The molecule has 1 N–H and O–H groups in total. The van der Waals surface area contributed by atoms with E-state index < -0.39 is 11.4 Å². The van der Waals surface area contributed by atoms with Crippen molar-refractivity contribution in [1.29, 1.82) is 0 Å². The Morgan fingerprint density at radius 3 is 2.87 bits per heavy atom. The molecule has 2 atom stereocenters. The summed E-state index contributed by atoms with van der Waals surface area (Å²) in [4.78, 5) is 19.0. The second kappa shape index (κ2) is 6.17. The summed E-state index contributed by atoms with van der Waals surface area (Å²) in [5.41, 5.74) is 0.679. The molecule has 2 heterocycles. The molecule has 4 rings (SSSR count). The van der Waals surface area contributed by atoms with Crippen LogP contribution in [0.5, 0.6) is 0 Å². The van der Waals surface area contributed by atoms with Crippen molar-refractivity contribution in [3.05, 3.63) is 16.1 Å². The second-order valence-electron chi connectivity index (χ2n) is 7.73. The van der Waals surface area contributed by atoms with Crippen LogP contribution in [0.15, 0.2) is 5.38 Å². The van der Waals surface area contributed by atoms with Gasteiger partial charge in [-0.05, 0) is 31.6 Å². The van der Waals surface area contributed by atoms with Crippen LogP contribution < -0.4 is 0 Å². The monoisotopic (exact) mass is 334 g/mol. The molecule has 3 fully saturated rings. The lowest BCUT2D eigenvalue weighted by Crippen LogP contribution is -2.35. The van der Waals surface area contributed by atoms with Crippen molar-refractivity contribution in [1.82, 2.24) is 9.88 Å². The van der Waals surface area contributed by atoms with Gasteiger partial charge in [0.2, 0.25) is 0 Å². The third-order valence-corrected chi connectivity index (χ3v) is 7.33. The summed E-state index contributed by atoms with van der Waals surface area (Å²) in [5, 5.41) is 13.2. The molecule has 0 amide bonds. The van der Waals surface area contributed by atoms with E-state index >= 15 is 0 Å². The minimum absolute atomic E-state index is 0.344. The number of thiazole rings is 1. The van der Waals surface area contributed by atoms with E-state index in [-0.39, 0.29) is 0 Å². The molecule has 1 aromatic rings. The van der Waals surface area contributed by atoms with Gasteiger partial charge in [0.25, 0.3) is 0 Å². The summed E-state index contributed by atoms with van der Waals surface area (Å²) in [5.74, 6) is 0.436. The van der Waals surface area contributed by atoms with Crippen molar-refractivity contribution in [2.24, 2.45) is 11.3 Å². The van der Waals surface area contributed by atoms with Crippen molar-refractivity contribution in [2.45, 2.75) is 63.8 Å². The zero-order valence-electron chi connectivity index (χ0n) is 13.7. The molecular formula is C18H26N2O2S. The Labute approximate surface area is 141 Å². The van der Waals surface area contributed by atoms with Gasteiger partial charge in [0.05, 0.1) is 16.1 Å². The van der Waals surface area contributed by atoms with Crippen molar-refractivity contribution in [3.8, 4) is 0 Å². The largest absolute Gasteiger partial charge is 0.481 e. The molecule has 0 unspecified atom stereocenters. The molecule has 23 heavy (non-hydrogen) atoms. The van der Waals surface area contributed by atoms with E-state index in [2.05, 4.69) is 10.3 Å². The average Bonchev–Trinajstić information content (AvgIpc) is 3.22. The lowest BCUT2D eigenvalue weighted by Gasteiger charge is -2.23. The van der Waals surface area contributed by atoms with E-state index in [1.165, 1.54) is 37.1 Å². The molecule has 0 radical (unpaired) electrons. The van der Waals surface area contributed by atoms with Crippen molar-refractivity contribution in [2.75, 3.05) is 13.1 Å². The summed E-state index contributed by atoms with van der Waals surface area (Å²) < 4.78 is 0. The first kappa shape index (κ1) is 15.6. The molecule has 0 aromatic carbocycles.